The summed E-state index contributed by atoms with van der Waals surface area (Å²) in [6.45, 7) is 2.22. The highest BCUT2D eigenvalue weighted by Gasteiger charge is 1.87. The van der Waals surface area contributed by atoms with Gasteiger partial charge in [0.05, 0.1) is 0 Å². The molecule has 0 aromatic heterocycles. The maximum absolute atomic E-state index is 9.71. The van der Waals surface area contributed by atoms with Gasteiger partial charge in [-0.1, -0.05) is 39.0 Å². The Kier molecular flexibility index (Phi) is 9.57. The molecule has 12 heavy (non-hydrogen) atoms. The van der Waals surface area contributed by atoms with Crippen LogP contribution < -0.4 is 0 Å². The lowest BCUT2D eigenvalue weighted by atomic mass is 10.1. The van der Waals surface area contributed by atoms with Gasteiger partial charge >= 0.3 is 0 Å². The van der Waals surface area contributed by atoms with E-state index in [1.165, 1.54) is 38.5 Å². The summed E-state index contributed by atoms with van der Waals surface area (Å²) in [5.41, 5.74) is 2.42. The van der Waals surface area contributed by atoms with E-state index in [0.29, 0.717) is 0 Å². The lowest BCUT2D eigenvalue weighted by Gasteiger charge is -1.96. The van der Waals surface area contributed by atoms with Crippen molar-refractivity contribution in [2.45, 2.75) is 51.9 Å². The molecule has 0 radical (unpaired) electrons. The fourth-order valence-electron chi connectivity index (χ4n) is 1.14. The Bertz CT molecular complexity index is 160. The van der Waals surface area contributed by atoms with Crippen molar-refractivity contribution in [3.05, 3.63) is 11.8 Å². The summed E-state index contributed by atoms with van der Waals surface area (Å²) in [6.07, 6.45) is 10.5. The number of carbonyl (C=O) groups excluding carboxylic acids is 1. The zero-order valence-electron chi connectivity index (χ0n) is 7.94. The second-order valence-corrected chi connectivity index (χ2v) is 3.01. The van der Waals surface area contributed by atoms with Crippen molar-refractivity contribution in [1.82, 2.24) is 0 Å². The van der Waals surface area contributed by atoms with Crippen LogP contribution in [0.4, 0.5) is 0 Å². The number of rotatable bonds is 7. The van der Waals surface area contributed by atoms with Crippen LogP contribution >= 0.6 is 0 Å². The van der Waals surface area contributed by atoms with Crippen molar-refractivity contribution < 1.29 is 4.79 Å². The third-order valence-electron chi connectivity index (χ3n) is 1.86. The first-order valence-electron chi connectivity index (χ1n) is 4.86. The molecule has 0 heterocycles. The van der Waals surface area contributed by atoms with Gasteiger partial charge in [-0.3, -0.25) is 0 Å². The van der Waals surface area contributed by atoms with Crippen LogP contribution in [0.1, 0.15) is 51.9 Å². The van der Waals surface area contributed by atoms with Gasteiger partial charge < -0.3 is 0 Å². The maximum Gasteiger partial charge on any atom is 0.176 e. The lowest BCUT2D eigenvalue weighted by Crippen LogP contribution is -1.77. The smallest absolute Gasteiger partial charge is 0.176 e. The molecule has 0 aromatic rings. The quantitative estimate of drug-likeness (QED) is 0.322. The van der Waals surface area contributed by atoms with Crippen LogP contribution in [0.15, 0.2) is 11.8 Å². The molecule has 0 aliphatic heterocycles. The first-order valence-corrected chi connectivity index (χ1v) is 4.86. The lowest BCUT2D eigenvalue weighted by molar-refractivity contribution is 0.569. The van der Waals surface area contributed by atoms with Gasteiger partial charge in [-0.25, -0.2) is 4.79 Å². The summed E-state index contributed by atoms with van der Waals surface area (Å²) in [6, 6.07) is 0. The molecule has 1 heteroatoms. The van der Waals surface area contributed by atoms with Crippen LogP contribution in [0.5, 0.6) is 0 Å². The second kappa shape index (κ2) is 10.2. The van der Waals surface area contributed by atoms with Crippen LogP contribution in [0.25, 0.3) is 0 Å². The molecular formula is C11H18O. The van der Waals surface area contributed by atoms with Crippen molar-refractivity contribution in [1.29, 1.82) is 0 Å². The average Bonchev–Trinajstić information content (AvgIpc) is 2.10. The molecule has 0 rings (SSSR count). The van der Waals surface area contributed by atoms with Gasteiger partial charge in [-0.05, 0) is 24.6 Å². The molecule has 0 saturated carbocycles. The highest BCUT2D eigenvalue weighted by molar-refractivity contribution is 5.43. The van der Waals surface area contributed by atoms with Crippen LogP contribution in [-0.2, 0) is 4.79 Å². The van der Waals surface area contributed by atoms with Gasteiger partial charge in [0.1, 0.15) is 0 Å². The van der Waals surface area contributed by atoms with E-state index >= 15 is 0 Å². The predicted molar refractivity (Wildman–Crippen MR) is 51.8 cm³/mol. The van der Waals surface area contributed by atoms with E-state index in [-0.39, 0.29) is 0 Å². The Morgan fingerprint density at radius 3 is 2.42 bits per heavy atom. The Balaban J connectivity index is 3.00. The summed E-state index contributed by atoms with van der Waals surface area (Å²) in [7, 11) is 0. The molecule has 0 aliphatic carbocycles. The van der Waals surface area contributed by atoms with E-state index in [4.69, 9.17) is 0 Å². The third kappa shape index (κ3) is 9.23. The summed E-state index contributed by atoms with van der Waals surface area (Å²) in [4.78, 5) is 9.71. The van der Waals surface area contributed by atoms with Gasteiger partial charge in [-0.15, -0.1) is 0 Å². The summed E-state index contributed by atoms with van der Waals surface area (Å²) >= 11 is 0. The highest BCUT2D eigenvalue weighted by Crippen LogP contribution is 2.06. The Labute approximate surface area is 75.2 Å². The molecule has 0 spiro atoms. The van der Waals surface area contributed by atoms with Crippen molar-refractivity contribution in [2.75, 3.05) is 0 Å². The fraction of sp³-hybridized carbons (Fsp3) is 0.727. The molecule has 0 bridgehead atoms. The van der Waals surface area contributed by atoms with Crippen molar-refractivity contribution in [3.63, 3.8) is 0 Å². The van der Waals surface area contributed by atoms with Gasteiger partial charge in [0.25, 0.3) is 0 Å². The predicted octanol–water partition coefficient (Wildman–Crippen LogP) is 3.28. The molecule has 0 unspecified atom stereocenters. The zero-order valence-corrected chi connectivity index (χ0v) is 7.94. The standard InChI is InChI=1S/C11H18O/c1-2-3-4-5-6-7-8-9-10-11-12/h9H,2-8H2,1H3. The van der Waals surface area contributed by atoms with Gasteiger partial charge in [0.15, 0.2) is 5.94 Å². The minimum absolute atomic E-state index is 0.974. The van der Waals surface area contributed by atoms with E-state index in [1.54, 1.807) is 12.0 Å². The van der Waals surface area contributed by atoms with Crippen LogP contribution in [0, 0.1) is 0 Å². The molecular weight excluding hydrogens is 148 g/mol. The number of unbranched alkanes of at least 4 members (excludes halogenated alkanes) is 6. The minimum atomic E-state index is 0.974. The molecule has 0 N–H and O–H groups in total. The normalized spacial score (nSPS) is 8.75. The number of hydrogen-bond donors (Lipinski definition) is 0. The van der Waals surface area contributed by atoms with E-state index in [2.05, 4.69) is 12.7 Å². The first-order chi connectivity index (χ1) is 5.91. The minimum Gasteiger partial charge on any atom is -0.224 e. The summed E-state index contributed by atoms with van der Waals surface area (Å²) < 4.78 is 0. The SMILES string of the molecule is CCCCCCCCC=C=C=O. The number of allylic oxidation sites excluding steroid dienone is 1. The molecule has 0 saturated heterocycles. The molecule has 68 valence electrons. The van der Waals surface area contributed by atoms with E-state index in [1.807, 2.05) is 0 Å². The van der Waals surface area contributed by atoms with Crippen LogP contribution in [-0.4, -0.2) is 5.94 Å². The first kappa shape index (κ1) is 11.2. The monoisotopic (exact) mass is 166 g/mol. The largest absolute Gasteiger partial charge is 0.224 e. The second-order valence-electron chi connectivity index (χ2n) is 3.01. The van der Waals surface area contributed by atoms with Crippen molar-refractivity contribution in [3.8, 4) is 0 Å². The van der Waals surface area contributed by atoms with Gasteiger partial charge in [0.2, 0.25) is 0 Å². The van der Waals surface area contributed by atoms with Gasteiger partial charge in [-0.2, -0.15) is 0 Å². The fourth-order valence-corrected chi connectivity index (χ4v) is 1.14. The summed E-state index contributed by atoms with van der Waals surface area (Å²) in [5.74, 6) is 1.62. The molecule has 1 nitrogen and oxygen atoms in total. The van der Waals surface area contributed by atoms with Crippen molar-refractivity contribution >= 4 is 5.94 Å². The Morgan fingerprint density at radius 2 is 1.75 bits per heavy atom. The van der Waals surface area contributed by atoms with E-state index in [0.717, 1.165) is 6.42 Å². The topological polar surface area (TPSA) is 17.1 Å². The Hall–Kier alpha value is -0.770. The summed E-state index contributed by atoms with van der Waals surface area (Å²) in [5, 5.41) is 0. The molecule has 0 aromatic carbocycles. The maximum atomic E-state index is 9.71. The molecule has 0 amide bonds. The number of hydrogen-bond acceptors (Lipinski definition) is 1. The highest BCUT2D eigenvalue weighted by atomic mass is 16.1. The van der Waals surface area contributed by atoms with Crippen molar-refractivity contribution in [2.24, 2.45) is 0 Å². The molecule has 0 atom stereocenters. The van der Waals surface area contributed by atoms with E-state index < -0.39 is 0 Å². The Morgan fingerprint density at radius 1 is 1.08 bits per heavy atom. The van der Waals surface area contributed by atoms with E-state index in [9.17, 15) is 4.79 Å². The van der Waals surface area contributed by atoms with Gasteiger partial charge in [0, 0.05) is 0 Å². The molecule has 0 fully saturated rings. The average molecular weight is 166 g/mol. The molecule has 0 aliphatic rings. The van der Waals surface area contributed by atoms with Crippen LogP contribution in [0.3, 0.4) is 0 Å². The third-order valence-corrected chi connectivity index (χ3v) is 1.86. The van der Waals surface area contributed by atoms with Crippen LogP contribution in [0.2, 0.25) is 0 Å². The zero-order chi connectivity index (χ0) is 9.07.